The van der Waals surface area contributed by atoms with Gasteiger partial charge in [-0.05, 0) is 53.2 Å². The third kappa shape index (κ3) is 4.93. The lowest BCUT2D eigenvalue weighted by molar-refractivity contribution is 0.0827. The van der Waals surface area contributed by atoms with E-state index in [4.69, 9.17) is 21.1 Å². The van der Waals surface area contributed by atoms with E-state index in [1.54, 1.807) is 44.4 Å². The number of carbonyl (C=O) groups is 2. The zero-order valence-electron chi connectivity index (χ0n) is 15.4. The van der Waals surface area contributed by atoms with Crippen LogP contribution in [0.1, 0.15) is 27.6 Å². The van der Waals surface area contributed by atoms with Crippen LogP contribution in [0.5, 0.6) is 11.5 Å². The highest BCUT2D eigenvalue weighted by atomic mass is 79.9. The van der Waals surface area contributed by atoms with Gasteiger partial charge in [0.05, 0.1) is 28.9 Å². The Kier molecular flexibility index (Phi) is 7.10. The second-order valence-electron chi connectivity index (χ2n) is 5.77. The SMILES string of the molecule is CCOc1c(Br)cc(C(=O)Nc2cc(C(=O)N(C)C)ccc2Cl)cc1OC. The molecule has 27 heavy (non-hydrogen) atoms. The minimum absolute atomic E-state index is 0.187. The molecule has 8 heteroatoms. The number of anilines is 1. The fourth-order valence-electron chi connectivity index (χ4n) is 2.34. The Morgan fingerprint density at radius 2 is 1.89 bits per heavy atom. The molecule has 0 aliphatic rings. The van der Waals surface area contributed by atoms with Crippen LogP contribution in [0.15, 0.2) is 34.8 Å². The number of halogens is 2. The summed E-state index contributed by atoms with van der Waals surface area (Å²) in [6.45, 7) is 2.32. The lowest BCUT2D eigenvalue weighted by Gasteiger charge is -2.15. The predicted molar refractivity (Wildman–Crippen MR) is 109 cm³/mol. The first-order chi connectivity index (χ1) is 12.8. The molecule has 2 aromatic carbocycles. The maximum atomic E-state index is 12.7. The summed E-state index contributed by atoms with van der Waals surface area (Å²) in [4.78, 5) is 26.3. The molecule has 0 fully saturated rings. The van der Waals surface area contributed by atoms with Gasteiger partial charge in [-0.1, -0.05) is 11.6 Å². The fraction of sp³-hybridized carbons (Fsp3) is 0.263. The van der Waals surface area contributed by atoms with Gasteiger partial charge in [0.15, 0.2) is 11.5 Å². The summed E-state index contributed by atoms with van der Waals surface area (Å²) in [5.74, 6) is 0.369. The van der Waals surface area contributed by atoms with Crippen LogP contribution in [0, 0.1) is 0 Å². The van der Waals surface area contributed by atoms with Gasteiger partial charge in [-0.3, -0.25) is 9.59 Å². The molecule has 0 saturated carbocycles. The van der Waals surface area contributed by atoms with E-state index in [9.17, 15) is 9.59 Å². The number of ether oxygens (including phenoxy) is 2. The van der Waals surface area contributed by atoms with E-state index in [0.717, 1.165) is 0 Å². The number of methoxy groups -OCH3 is 1. The molecule has 0 spiro atoms. The Balaban J connectivity index is 2.33. The van der Waals surface area contributed by atoms with E-state index in [2.05, 4.69) is 21.2 Å². The summed E-state index contributed by atoms with van der Waals surface area (Å²) in [5, 5.41) is 3.06. The van der Waals surface area contributed by atoms with Crippen molar-refractivity contribution in [3.8, 4) is 11.5 Å². The predicted octanol–water partition coefficient (Wildman–Crippen LogP) is 4.46. The summed E-state index contributed by atoms with van der Waals surface area (Å²) in [5.41, 5.74) is 1.12. The van der Waals surface area contributed by atoms with Gasteiger partial charge in [0.25, 0.3) is 11.8 Å². The summed E-state index contributed by atoms with van der Waals surface area (Å²) in [6.07, 6.45) is 0. The molecule has 1 N–H and O–H groups in total. The van der Waals surface area contributed by atoms with Crippen LogP contribution in [-0.2, 0) is 0 Å². The Bertz CT molecular complexity index is 871. The molecule has 0 heterocycles. The second kappa shape index (κ2) is 9.10. The normalized spacial score (nSPS) is 10.3. The van der Waals surface area contributed by atoms with Crippen LogP contribution in [0.3, 0.4) is 0 Å². The molecule has 0 aromatic heterocycles. The molecule has 2 rings (SSSR count). The van der Waals surface area contributed by atoms with Gasteiger partial charge >= 0.3 is 0 Å². The number of carbonyl (C=O) groups excluding carboxylic acids is 2. The van der Waals surface area contributed by atoms with E-state index < -0.39 is 5.91 Å². The zero-order valence-corrected chi connectivity index (χ0v) is 17.8. The standard InChI is InChI=1S/C19H20BrClN2O4/c1-5-27-17-13(20)8-12(10-16(17)26-4)18(24)22-15-9-11(6-7-14(15)21)19(25)23(2)3/h6-10H,5H2,1-4H3,(H,22,24). The molecular weight excluding hydrogens is 436 g/mol. The maximum absolute atomic E-state index is 12.7. The summed E-state index contributed by atoms with van der Waals surface area (Å²) < 4.78 is 11.4. The van der Waals surface area contributed by atoms with Crippen LogP contribution >= 0.6 is 27.5 Å². The average Bonchev–Trinajstić information content (AvgIpc) is 2.64. The number of hydrogen-bond donors (Lipinski definition) is 1. The monoisotopic (exact) mass is 454 g/mol. The first kappa shape index (κ1) is 21.1. The molecule has 2 amide bonds. The largest absolute Gasteiger partial charge is 0.493 e. The number of hydrogen-bond acceptors (Lipinski definition) is 4. The Labute approximate surface area is 171 Å². The van der Waals surface area contributed by atoms with Gasteiger partial charge in [-0.15, -0.1) is 0 Å². The van der Waals surface area contributed by atoms with Gasteiger partial charge in [-0.2, -0.15) is 0 Å². The van der Waals surface area contributed by atoms with Crippen molar-refractivity contribution in [3.05, 3.63) is 51.0 Å². The third-order valence-electron chi connectivity index (χ3n) is 3.65. The van der Waals surface area contributed by atoms with Crippen LogP contribution in [0.2, 0.25) is 5.02 Å². The molecular formula is C19H20BrClN2O4. The number of benzene rings is 2. The van der Waals surface area contributed by atoms with Gasteiger partial charge < -0.3 is 19.7 Å². The van der Waals surface area contributed by atoms with Gasteiger partial charge in [0.1, 0.15) is 0 Å². The highest BCUT2D eigenvalue weighted by Gasteiger charge is 2.17. The van der Waals surface area contributed by atoms with Crippen molar-refractivity contribution in [3.63, 3.8) is 0 Å². The topological polar surface area (TPSA) is 67.9 Å². The van der Waals surface area contributed by atoms with Crippen molar-refractivity contribution in [2.75, 3.05) is 33.1 Å². The van der Waals surface area contributed by atoms with E-state index in [1.807, 2.05) is 6.92 Å². The first-order valence-corrected chi connectivity index (χ1v) is 9.28. The quantitative estimate of drug-likeness (QED) is 0.698. The molecule has 6 nitrogen and oxygen atoms in total. The number of nitrogens with one attached hydrogen (secondary N) is 1. The Hall–Kier alpha value is -2.25. The second-order valence-corrected chi connectivity index (χ2v) is 7.03. The molecule has 0 saturated heterocycles. The minimum Gasteiger partial charge on any atom is -0.493 e. The molecule has 0 atom stereocenters. The van der Waals surface area contributed by atoms with E-state index in [1.165, 1.54) is 12.0 Å². The van der Waals surface area contributed by atoms with Gasteiger partial charge in [0, 0.05) is 25.2 Å². The van der Waals surface area contributed by atoms with Crippen molar-refractivity contribution in [2.24, 2.45) is 0 Å². The van der Waals surface area contributed by atoms with Crippen LogP contribution in [0.25, 0.3) is 0 Å². The Morgan fingerprint density at radius 1 is 1.19 bits per heavy atom. The minimum atomic E-state index is -0.395. The highest BCUT2D eigenvalue weighted by molar-refractivity contribution is 9.10. The summed E-state index contributed by atoms with van der Waals surface area (Å²) in [7, 11) is 4.80. The lowest BCUT2D eigenvalue weighted by atomic mass is 10.1. The molecule has 0 bridgehead atoms. The van der Waals surface area contributed by atoms with Crippen LogP contribution in [0.4, 0.5) is 5.69 Å². The van der Waals surface area contributed by atoms with Crippen molar-refractivity contribution in [2.45, 2.75) is 6.92 Å². The Morgan fingerprint density at radius 3 is 2.48 bits per heavy atom. The molecule has 144 valence electrons. The van der Waals surface area contributed by atoms with Crippen molar-refractivity contribution < 1.29 is 19.1 Å². The molecule has 0 unspecified atom stereocenters. The number of rotatable bonds is 6. The van der Waals surface area contributed by atoms with Gasteiger partial charge in [0.2, 0.25) is 0 Å². The van der Waals surface area contributed by atoms with E-state index in [0.29, 0.717) is 44.4 Å². The number of nitrogens with zero attached hydrogens (tertiary/aromatic N) is 1. The van der Waals surface area contributed by atoms with Crippen molar-refractivity contribution in [1.82, 2.24) is 4.90 Å². The van der Waals surface area contributed by atoms with Crippen LogP contribution < -0.4 is 14.8 Å². The number of amides is 2. The molecule has 0 aliphatic heterocycles. The maximum Gasteiger partial charge on any atom is 0.255 e. The molecule has 0 aliphatic carbocycles. The highest BCUT2D eigenvalue weighted by Crippen LogP contribution is 2.37. The first-order valence-electron chi connectivity index (χ1n) is 8.11. The smallest absolute Gasteiger partial charge is 0.255 e. The fourth-order valence-corrected chi connectivity index (χ4v) is 3.06. The van der Waals surface area contributed by atoms with E-state index >= 15 is 0 Å². The lowest BCUT2D eigenvalue weighted by Crippen LogP contribution is -2.22. The van der Waals surface area contributed by atoms with Crippen molar-refractivity contribution >= 4 is 45.0 Å². The van der Waals surface area contributed by atoms with E-state index in [-0.39, 0.29) is 5.91 Å². The summed E-state index contributed by atoms with van der Waals surface area (Å²) >= 11 is 9.57. The average molecular weight is 456 g/mol. The van der Waals surface area contributed by atoms with Gasteiger partial charge in [-0.25, -0.2) is 0 Å². The summed E-state index contributed by atoms with van der Waals surface area (Å²) in [6, 6.07) is 7.93. The van der Waals surface area contributed by atoms with Crippen LogP contribution in [-0.4, -0.2) is 44.5 Å². The molecule has 2 aromatic rings. The zero-order chi connectivity index (χ0) is 20.1. The molecule has 0 radical (unpaired) electrons. The van der Waals surface area contributed by atoms with Crippen molar-refractivity contribution in [1.29, 1.82) is 0 Å². The third-order valence-corrected chi connectivity index (χ3v) is 4.57.